The summed E-state index contributed by atoms with van der Waals surface area (Å²) in [5.41, 5.74) is 2.63. The van der Waals surface area contributed by atoms with Crippen molar-refractivity contribution in [1.29, 1.82) is 0 Å². The number of esters is 1. The first-order valence-corrected chi connectivity index (χ1v) is 6.09. The van der Waals surface area contributed by atoms with E-state index in [9.17, 15) is 4.79 Å². The highest BCUT2D eigenvalue weighted by atomic mass is 16.5. The molecule has 0 N–H and O–H groups in total. The smallest absolute Gasteiger partial charge is 0.333 e. The molecular weight excluding hydrogens is 228 g/mol. The van der Waals surface area contributed by atoms with E-state index in [4.69, 9.17) is 9.47 Å². The minimum absolute atomic E-state index is 0.342. The molecule has 0 amide bonds. The van der Waals surface area contributed by atoms with Crippen molar-refractivity contribution in [2.24, 2.45) is 0 Å². The van der Waals surface area contributed by atoms with E-state index in [-0.39, 0.29) is 5.97 Å². The number of carbonyl (C=O) groups excluding carboxylic acids is 1. The standard InChI is InChI=1S/C15H20O3/c1-5-17-14-10-12(4)6-7-13(14)8-9-18-15(16)11(2)3/h6-7,10H,2,5,8-9H2,1,3-4H3. The molecule has 0 spiro atoms. The van der Waals surface area contributed by atoms with Crippen LogP contribution in [0.2, 0.25) is 0 Å². The molecule has 0 fully saturated rings. The van der Waals surface area contributed by atoms with Gasteiger partial charge in [0.2, 0.25) is 0 Å². The van der Waals surface area contributed by atoms with Crippen LogP contribution in [-0.2, 0) is 16.0 Å². The van der Waals surface area contributed by atoms with E-state index in [1.54, 1.807) is 6.92 Å². The van der Waals surface area contributed by atoms with Gasteiger partial charge in [0.25, 0.3) is 0 Å². The summed E-state index contributed by atoms with van der Waals surface area (Å²) in [7, 11) is 0. The fraction of sp³-hybridized carbons (Fsp3) is 0.400. The minimum Gasteiger partial charge on any atom is -0.494 e. The molecule has 0 heterocycles. The molecule has 18 heavy (non-hydrogen) atoms. The zero-order chi connectivity index (χ0) is 13.5. The van der Waals surface area contributed by atoms with Crippen LogP contribution >= 0.6 is 0 Å². The maximum atomic E-state index is 11.2. The molecule has 0 unspecified atom stereocenters. The summed E-state index contributed by atoms with van der Waals surface area (Å²) in [6.45, 7) is 10.1. The van der Waals surface area contributed by atoms with Crippen molar-refractivity contribution in [3.8, 4) is 5.75 Å². The summed E-state index contributed by atoms with van der Waals surface area (Å²) in [5.74, 6) is 0.518. The SMILES string of the molecule is C=C(C)C(=O)OCCc1ccc(C)cc1OCC. The summed E-state index contributed by atoms with van der Waals surface area (Å²) < 4.78 is 10.6. The predicted molar refractivity (Wildman–Crippen MR) is 71.8 cm³/mol. The summed E-state index contributed by atoms with van der Waals surface area (Å²) in [4.78, 5) is 11.2. The van der Waals surface area contributed by atoms with E-state index in [1.807, 2.05) is 32.0 Å². The second-order valence-electron chi connectivity index (χ2n) is 4.21. The van der Waals surface area contributed by atoms with Gasteiger partial charge in [-0.15, -0.1) is 0 Å². The van der Waals surface area contributed by atoms with Gasteiger partial charge in [-0.3, -0.25) is 0 Å². The third-order valence-corrected chi connectivity index (χ3v) is 2.48. The van der Waals surface area contributed by atoms with Crippen molar-refractivity contribution in [2.75, 3.05) is 13.2 Å². The van der Waals surface area contributed by atoms with Gasteiger partial charge in [-0.25, -0.2) is 4.79 Å². The molecule has 98 valence electrons. The Labute approximate surface area is 108 Å². The average Bonchev–Trinajstić information content (AvgIpc) is 2.32. The fourth-order valence-corrected chi connectivity index (χ4v) is 1.54. The Morgan fingerprint density at radius 1 is 1.39 bits per heavy atom. The molecule has 1 aromatic rings. The number of carbonyl (C=O) groups is 1. The van der Waals surface area contributed by atoms with Crippen molar-refractivity contribution in [3.63, 3.8) is 0 Å². The molecule has 0 atom stereocenters. The molecule has 0 saturated heterocycles. The molecule has 0 bridgehead atoms. The third-order valence-electron chi connectivity index (χ3n) is 2.48. The molecule has 0 aliphatic carbocycles. The molecule has 0 radical (unpaired) electrons. The molecule has 1 aromatic carbocycles. The zero-order valence-electron chi connectivity index (χ0n) is 11.3. The Morgan fingerprint density at radius 2 is 2.11 bits per heavy atom. The summed E-state index contributed by atoms with van der Waals surface area (Å²) >= 11 is 0. The molecule has 0 aliphatic heterocycles. The highest BCUT2D eigenvalue weighted by molar-refractivity contribution is 5.86. The fourth-order valence-electron chi connectivity index (χ4n) is 1.54. The van der Waals surface area contributed by atoms with E-state index in [0.717, 1.165) is 16.9 Å². The quantitative estimate of drug-likeness (QED) is 0.573. The second kappa shape index (κ2) is 6.84. The van der Waals surface area contributed by atoms with Gasteiger partial charge in [0, 0.05) is 12.0 Å². The van der Waals surface area contributed by atoms with Crippen molar-refractivity contribution in [1.82, 2.24) is 0 Å². The van der Waals surface area contributed by atoms with Crippen molar-refractivity contribution in [3.05, 3.63) is 41.5 Å². The number of rotatable bonds is 6. The Balaban J connectivity index is 2.61. The van der Waals surface area contributed by atoms with E-state index >= 15 is 0 Å². The lowest BCUT2D eigenvalue weighted by atomic mass is 10.1. The Kier molecular flexibility index (Phi) is 5.43. The zero-order valence-corrected chi connectivity index (χ0v) is 11.3. The Morgan fingerprint density at radius 3 is 2.72 bits per heavy atom. The number of ether oxygens (including phenoxy) is 2. The lowest BCUT2D eigenvalue weighted by molar-refractivity contribution is -0.138. The number of benzene rings is 1. The number of hydrogen-bond acceptors (Lipinski definition) is 3. The molecule has 0 saturated carbocycles. The van der Waals surface area contributed by atoms with Crippen LogP contribution in [0, 0.1) is 6.92 Å². The van der Waals surface area contributed by atoms with Crippen LogP contribution in [0.5, 0.6) is 5.75 Å². The first kappa shape index (κ1) is 14.3. The van der Waals surface area contributed by atoms with Crippen molar-refractivity contribution < 1.29 is 14.3 Å². The molecular formula is C15H20O3. The molecule has 3 heteroatoms. The third kappa shape index (κ3) is 4.24. The normalized spacial score (nSPS) is 9.94. The number of aryl methyl sites for hydroxylation is 1. The highest BCUT2D eigenvalue weighted by Gasteiger charge is 2.06. The Hall–Kier alpha value is -1.77. The van der Waals surface area contributed by atoms with Gasteiger partial charge in [0.05, 0.1) is 13.2 Å². The summed E-state index contributed by atoms with van der Waals surface area (Å²) in [5, 5.41) is 0. The van der Waals surface area contributed by atoms with E-state index in [2.05, 4.69) is 6.58 Å². The van der Waals surface area contributed by atoms with Crippen LogP contribution in [0.25, 0.3) is 0 Å². The number of hydrogen-bond donors (Lipinski definition) is 0. The lowest BCUT2D eigenvalue weighted by Crippen LogP contribution is -2.09. The first-order valence-electron chi connectivity index (χ1n) is 6.09. The van der Waals surface area contributed by atoms with Crippen LogP contribution in [0.15, 0.2) is 30.4 Å². The van der Waals surface area contributed by atoms with E-state index in [0.29, 0.717) is 25.2 Å². The lowest BCUT2D eigenvalue weighted by Gasteiger charge is -2.11. The van der Waals surface area contributed by atoms with Gasteiger partial charge in [-0.2, -0.15) is 0 Å². The first-order chi connectivity index (χ1) is 8.54. The van der Waals surface area contributed by atoms with E-state index < -0.39 is 0 Å². The molecule has 0 aliphatic rings. The monoisotopic (exact) mass is 248 g/mol. The Bertz CT molecular complexity index is 435. The van der Waals surface area contributed by atoms with Crippen LogP contribution in [0.4, 0.5) is 0 Å². The molecule has 3 nitrogen and oxygen atoms in total. The average molecular weight is 248 g/mol. The topological polar surface area (TPSA) is 35.5 Å². The summed E-state index contributed by atoms with van der Waals surface area (Å²) in [6, 6.07) is 6.03. The van der Waals surface area contributed by atoms with Crippen LogP contribution in [0.1, 0.15) is 25.0 Å². The minimum atomic E-state index is -0.347. The van der Waals surface area contributed by atoms with Gasteiger partial charge in [-0.1, -0.05) is 18.7 Å². The van der Waals surface area contributed by atoms with Gasteiger partial charge >= 0.3 is 5.97 Å². The van der Waals surface area contributed by atoms with Gasteiger partial charge in [0.15, 0.2) is 0 Å². The second-order valence-corrected chi connectivity index (χ2v) is 4.21. The maximum Gasteiger partial charge on any atom is 0.333 e. The molecule has 0 aromatic heterocycles. The van der Waals surface area contributed by atoms with Crippen LogP contribution in [-0.4, -0.2) is 19.2 Å². The molecule has 1 rings (SSSR count). The van der Waals surface area contributed by atoms with Crippen LogP contribution in [0.3, 0.4) is 0 Å². The van der Waals surface area contributed by atoms with E-state index in [1.165, 1.54) is 0 Å². The van der Waals surface area contributed by atoms with Crippen LogP contribution < -0.4 is 4.74 Å². The summed E-state index contributed by atoms with van der Waals surface area (Å²) in [6.07, 6.45) is 0.647. The van der Waals surface area contributed by atoms with Gasteiger partial charge < -0.3 is 9.47 Å². The largest absolute Gasteiger partial charge is 0.494 e. The van der Waals surface area contributed by atoms with Gasteiger partial charge in [0.1, 0.15) is 5.75 Å². The van der Waals surface area contributed by atoms with Crippen molar-refractivity contribution >= 4 is 5.97 Å². The van der Waals surface area contributed by atoms with Crippen molar-refractivity contribution in [2.45, 2.75) is 27.2 Å². The van der Waals surface area contributed by atoms with Gasteiger partial charge in [-0.05, 0) is 38.0 Å². The maximum absolute atomic E-state index is 11.2. The highest BCUT2D eigenvalue weighted by Crippen LogP contribution is 2.21. The predicted octanol–water partition coefficient (Wildman–Crippen LogP) is 3.06.